The number of fused-ring (bicyclic) bond motifs is 1. The van der Waals surface area contributed by atoms with E-state index < -0.39 is 23.9 Å². The molecule has 0 unspecified atom stereocenters. The number of carbonyl (C=O) groups is 3. The number of hydrogen-bond donors (Lipinski definition) is 5. The molecule has 1 aliphatic heterocycles. The fraction of sp³-hybridized carbons (Fsp3) is 0.440. The van der Waals surface area contributed by atoms with Crippen LogP contribution in [-0.4, -0.2) is 60.3 Å². The van der Waals surface area contributed by atoms with E-state index in [9.17, 15) is 14.4 Å². The van der Waals surface area contributed by atoms with Crippen molar-refractivity contribution in [2.75, 3.05) is 19.6 Å². The summed E-state index contributed by atoms with van der Waals surface area (Å²) in [5, 5.41) is 4.88. The zero-order valence-corrected chi connectivity index (χ0v) is 19.9. The third-order valence-electron chi connectivity index (χ3n) is 6.35. The summed E-state index contributed by atoms with van der Waals surface area (Å²) in [5.41, 5.74) is 23.3. The largest absolute Gasteiger partial charge is 0.370 e. The number of guanidine groups is 1. The van der Waals surface area contributed by atoms with E-state index in [0.29, 0.717) is 45.2 Å². The zero-order valence-electron chi connectivity index (χ0n) is 19.9. The first kappa shape index (κ1) is 26.0. The van der Waals surface area contributed by atoms with E-state index >= 15 is 0 Å². The van der Waals surface area contributed by atoms with Crippen molar-refractivity contribution < 1.29 is 14.4 Å². The summed E-state index contributed by atoms with van der Waals surface area (Å²) < 4.78 is 0. The number of nitrogens with zero attached hydrogens (tertiary/aromatic N) is 2. The van der Waals surface area contributed by atoms with Gasteiger partial charge in [0.25, 0.3) is 0 Å². The molecule has 0 spiro atoms. The van der Waals surface area contributed by atoms with Crippen LogP contribution in [0.15, 0.2) is 47.5 Å². The SMILES string of the molecule is NC(=O)[C@H](Cc1cccc2ccccc12)NC(=O)[C@@H]1CCCN(C(=O)[C@@H](N)CCCN=C(N)N)C1. The van der Waals surface area contributed by atoms with Gasteiger partial charge in [0.15, 0.2) is 5.96 Å². The molecule has 1 saturated heterocycles. The van der Waals surface area contributed by atoms with Gasteiger partial charge in [-0.05, 0) is 42.0 Å². The summed E-state index contributed by atoms with van der Waals surface area (Å²) in [5.74, 6) is -1.51. The number of benzene rings is 2. The summed E-state index contributed by atoms with van der Waals surface area (Å²) in [6.07, 6.45) is 2.61. The van der Waals surface area contributed by atoms with Gasteiger partial charge in [-0.25, -0.2) is 0 Å². The van der Waals surface area contributed by atoms with E-state index in [2.05, 4.69) is 10.3 Å². The lowest BCUT2D eigenvalue weighted by Gasteiger charge is -2.34. The highest BCUT2D eigenvalue weighted by molar-refractivity contribution is 5.90. The van der Waals surface area contributed by atoms with Crippen molar-refractivity contribution in [1.82, 2.24) is 10.2 Å². The average Bonchev–Trinajstić information content (AvgIpc) is 2.85. The van der Waals surface area contributed by atoms with Crippen molar-refractivity contribution in [3.8, 4) is 0 Å². The van der Waals surface area contributed by atoms with Gasteiger partial charge in [-0.2, -0.15) is 0 Å². The second-order valence-corrected chi connectivity index (χ2v) is 8.98. The molecule has 9 N–H and O–H groups in total. The summed E-state index contributed by atoms with van der Waals surface area (Å²) in [6, 6.07) is 12.2. The molecule has 3 rings (SSSR count). The topological polar surface area (TPSA) is 183 Å². The van der Waals surface area contributed by atoms with Crippen molar-refractivity contribution in [2.45, 2.75) is 44.2 Å². The molecule has 2 aromatic rings. The molecule has 1 heterocycles. The highest BCUT2D eigenvalue weighted by atomic mass is 16.2. The second kappa shape index (κ2) is 12.2. The Balaban J connectivity index is 1.59. The number of nitrogens with two attached hydrogens (primary N) is 4. The third-order valence-corrected chi connectivity index (χ3v) is 6.35. The smallest absolute Gasteiger partial charge is 0.240 e. The molecule has 10 heteroatoms. The van der Waals surface area contributed by atoms with Crippen LogP contribution in [0.1, 0.15) is 31.2 Å². The van der Waals surface area contributed by atoms with E-state index in [0.717, 1.165) is 16.3 Å². The molecule has 0 saturated carbocycles. The Hall–Kier alpha value is -3.66. The molecule has 0 bridgehead atoms. The number of nitrogens with one attached hydrogen (secondary N) is 1. The number of amides is 3. The van der Waals surface area contributed by atoms with Crippen molar-refractivity contribution >= 4 is 34.5 Å². The monoisotopic (exact) mass is 481 g/mol. The van der Waals surface area contributed by atoms with Crippen molar-refractivity contribution in [1.29, 1.82) is 0 Å². The molecule has 0 radical (unpaired) electrons. The van der Waals surface area contributed by atoms with Gasteiger partial charge < -0.3 is 33.2 Å². The normalized spacial score (nSPS) is 17.4. The Morgan fingerprint density at radius 3 is 2.57 bits per heavy atom. The Labute approximate surface area is 205 Å². The maximum atomic E-state index is 13.1. The van der Waals surface area contributed by atoms with Gasteiger partial charge in [-0.3, -0.25) is 19.4 Å². The molecule has 35 heavy (non-hydrogen) atoms. The van der Waals surface area contributed by atoms with E-state index in [1.807, 2.05) is 42.5 Å². The fourth-order valence-electron chi connectivity index (χ4n) is 4.47. The molecule has 1 aliphatic rings. The van der Waals surface area contributed by atoms with E-state index in [1.54, 1.807) is 4.90 Å². The quantitative estimate of drug-likeness (QED) is 0.180. The number of primary amides is 1. The first-order valence-corrected chi connectivity index (χ1v) is 11.9. The highest BCUT2D eigenvalue weighted by Crippen LogP contribution is 2.21. The number of aliphatic imine (C=N–C) groups is 1. The molecule has 1 fully saturated rings. The fourth-order valence-corrected chi connectivity index (χ4v) is 4.47. The highest BCUT2D eigenvalue weighted by Gasteiger charge is 2.32. The van der Waals surface area contributed by atoms with Gasteiger partial charge in [0.05, 0.1) is 12.0 Å². The van der Waals surface area contributed by atoms with Crippen LogP contribution in [0.25, 0.3) is 10.8 Å². The summed E-state index contributed by atoms with van der Waals surface area (Å²) >= 11 is 0. The molecule has 10 nitrogen and oxygen atoms in total. The Bertz CT molecular complexity index is 1080. The van der Waals surface area contributed by atoms with Crippen LogP contribution < -0.4 is 28.3 Å². The average molecular weight is 482 g/mol. The van der Waals surface area contributed by atoms with E-state index in [1.165, 1.54) is 0 Å². The van der Waals surface area contributed by atoms with Crippen molar-refractivity contribution in [3.63, 3.8) is 0 Å². The molecule has 3 amide bonds. The third kappa shape index (κ3) is 7.16. The molecule has 3 atom stereocenters. The molecular weight excluding hydrogens is 446 g/mol. The van der Waals surface area contributed by atoms with Crippen LogP contribution in [0.2, 0.25) is 0 Å². The van der Waals surface area contributed by atoms with E-state index in [-0.39, 0.29) is 24.3 Å². The van der Waals surface area contributed by atoms with Crippen LogP contribution in [-0.2, 0) is 20.8 Å². The summed E-state index contributed by atoms with van der Waals surface area (Å²) in [4.78, 5) is 43.6. The molecular formula is C25H35N7O3. The van der Waals surface area contributed by atoms with Gasteiger partial charge in [0.1, 0.15) is 6.04 Å². The summed E-state index contributed by atoms with van der Waals surface area (Å²) in [6.45, 7) is 1.20. The summed E-state index contributed by atoms with van der Waals surface area (Å²) in [7, 11) is 0. The minimum absolute atomic E-state index is 0.00417. The number of carbonyl (C=O) groups excluding carboxylic acids is 3. The van der Waals surface area contributed by atoms with Crippen molar-refractivity contribution in [3.05, 3.63) is 48.0 Å². The lowest BCUT2D eigenvalue weighted by atomic mass is 9.94. The standard InChI is InChI=1S/C25H35N7O3/c26-20(11-4-12-30-25(28)29)24(35)32-13-5-9-18(15-32)23(34)31-21(22(27)33)14-17-8-3-7-16-6-1-2-10-19(16)17/h1-3,6-8,10,18,20-21H,4-5,9,11-15,26H2,(H2,27,33)(H,31,34)(H4,28,29,30)/t18-,20+,21+/m1/s1. The molecule has 0 aliphatic carbocycles. The Kier molecular flexibility index (Phi) is 9.02. The predicted molar refractivity (Wildman–Crippen MR) is 136 cm³/mol. The first-order valence-electron chi connectivity index (χ1n) is 11.9. The van der Waals surface area contributed by atoms with Gasteiger partial charge >= 0.3 is 0 Å². The van der Waals surface area contributed by atoms with Crippen LogP contribution in [0, 0.1) is 5.92 Å². The van der Waals surface area contributed by atoms with Gasteiger partial charge in [-0.15, -0.1) is 0 Å². The molecule has 188 valence electrons. The van der Waals surface area contributed by atoms with E-state index in [4.69, 9.17) is 22.9 Å². The minimum atomic E-state index is -0.850. The van der Waals surface area contributed by atoms with Crippen LogP contribution in [0.3, 0.4) is 0 Å². The van der Waals surface area contributed by atoms with Gasteiger partial charge in [0.2, 0.25) is 17.7 Å². The predicted octanol–water partition coefficient (Wildman–Crippen LogP) is -0.0281. The van der Waals surface area contributed by atoms with Gasteiger partial charge in [-0.1, -0.05) is 42.5 Å². The Morgan fingerprint density at radius 2 is 1.83 bits per heavy atom. The zero-order chi connectivity index (χ0) is 25.4. The number of likely N-dealkylation sites (tertiary alicyclic amines) is 1. The lowest BCUT2D eigenvalue weighted by Crippen LogP contribution is -2.53. The molecule has 0 aromatic heterocycles. The maximum Gasteiger partial charge on any atom is 0.240 e. The van der Waals surface area contributed by atoms with Crippen molar-refractivity contribution in [2.24, 2.45) is 33.8 Å². The van der Waals surface area contributed by atoms with Crippen LogP contribution in [0.4, 0.5) is 0 Å². The first-order chi connectivity index (χ1) is 16.8. The number of hydrogen-bond acceptors (Lipinski definition) is 5. The lowest BCUT2D eigenvalue weighted by molar-refractivity contribution is -0.138. The van der Waals surface area contributed by atoms with Gasteiger partial charge in [0, 0.05) is 26.1 Å². The number of rotatable bonds is 10. The Morgan fingerprint density at radius 1 is 1.09 bits per heavy atom. The van der Waals surface area contributed by atoms with Crippen LogP contribution in [0.5, 0.6) is 0 Å². The maximum absolute atomic E-state index is 13.1. The minimum Gasteiger partial charge on any atom is -0.370 e. The van der Waals surface area contributed by atoms with Crippen LogP contribution >= 0.6 is 0 Å². The number of piperidine rings is 1. The second-order valence-electron chi connectivity index (χ2n) is 8.98. The molecule has 2 aromatic carbocycles.